The molecule has 5 heteroatoms. The van der Waals surface area contributed by atoms with E-state index in [-0.39, 0.29) is 17.6 Å². The van der Waals surface area contributed by atoms with Crippen molar-refractivity contribution in [2.24, 2.45) is 0 Å². The molecule has 1 aliphatic carbocycles. The molecule has 1 amide bonds. The van der Waals surface area contributed by atoms with E-state index in [2.05, 4.69) is 21.2 Å². The smallest absolute Gasteiger partial charge is 0.235 e. The molecule has 0 radical (unpaired) electrons. The first-order valence-electron chi connectivity index (χ1n) is 4.89. The van der Waals surface area contributed by atoms with E-state index >= 15 is 0 Å². The fraction of sp³-hybridized carbons (Fsp3) is 0.364. The van der Waals surface area contributed by atoms with Crippen molar-refractivity contribution in [2.45, 2.75) is 18.4 Å². The number of carbonyl (C=O) groups is 1. The summed E-state index contributed by atoms with van der Waals surface area (Å²) in [5, 5.41) is 2.83. The molecule has 86 valence electrons. The zero-order chi connectivity index (χ0) is 11.8. The Hall–Kier alpha value is -0.610. The standard InChI is InChI=1S/C11H10BrClFNO/c12-8-3-7(4-9(14)5-8)11(1-2-11)15-10(16)6-13/h3-5H,1-2,6H2,(H,15,16). The van der Waals surface area contributed by atoms with Gasteiger partial charge in [-0.1, -0.05) is 15.9 Å². The molecule has 1 saturated carbocycles. The van der Waals surface area contributed by atoms with Gasteiger partial charge in [-0.25, -0.2) is 4.39 Å². The number of amides is 1. The highest BCUT2D eigenvalue weighted by Gasteiger charge is 2.45. The van der Waals surface area contributed by atoms with Crippen molar-refractivity contribution in [1.82, 2.24) is 5.32 Å². The molecule has 1 N–H and O–H groups in total. The summed E-state index contributed by atoms with van der Waals surface area (Å²) in [6, 6.07) is 4.67. The van der Waals surface area contributed by atoms with Crippen LogP contribution in [-0.2, 0) is 10.3 Å². The van der Waals surface area contributed by atoms with Gasteiger partial charge in [-0.3, -0.25) is 4.79 Å². The van der Waals surface area contributed by atoms with Crippen molar-refractivity contribution in [1.29, 1.82) is 0 Å². The van der Waals surface area contributed by atoms with Gasteiger partial charge in [0.25, 0.3) is 0 Å². The van der Waals surface area contributed by atoms with Crippen LogP contribution in [-0.4, -0.2) is 11.8 Å². The minimum absolute atomic E-state index is 0.0712. The molecule has 0 heterocycles. The molecule has 0 saturated heterocycles. The molecule has 0 aromatic heterocycles. The van der Waals surface area contributed by atoms with E-state index in [1.807, 2.05) is 6.07 Å². The highest BCUT2D eigenvalue weighted by molar-refractivity contribution is 9.10. The first-order valence-corrected chi connectivity index (χ1v) is 6.22. The van der Waals surface area contributed by atoms with Crippen LogP contribution in [0.1, 0.15) is 18.4 Å². The average molecular weight is 307 g/mol. The van der Waals surface area contributed by atoms with Crippen molar-refractivity contribution in [3.63, 3.8) is 0 Å². The molecule has 1 aromatic carbocycles. The molecule has 0 unspecified atom stereocenters. The topological polar surface area (TPSA) is 29.1 Å². The maximum Gasteiger partial charge on any atom is 0.235 e. The third-order valence-corrected chi connectivity index (χ3v) is 3.37. The van der Waals surface area contributed by atoms with Crippen LogP contribution >= 0.6 is 27.5 Å². The Morgan fingerprint density at radius 3 is 2.69 bits per heavy atom. The summed E-state index contributed by atoms with van der Waals surface area (Å²) in [5.74, 6) is -0.603. The van der Waals surface area contributed by atoms with E-state index in [0.29, 0.717) is 4.47 Å². The normalized spacial score (nSPS) is 16.9. The molecule has 1 fully saturated rings. The van der Waals surface area contributed by atoms with Crippen molar-refractivity contribution < 1.29 is 9.18 Å². The first-order chi connectivity index (χ1) is 7.55. The van der Waals surface area contributed by atoms with E-state index in [4.69, 9.17) is 11.6 Å². The number of hydrogen-bond donors (Lipinski definition) is 1. The number of rotatable bonds is 3. The van der Waals surface area contributed by atoms with Crippen LogP contribution < -0.4 is 5.32 Å². The van der Waals surface area contributed by atoms with Gasteiger partial charge in [0.2, 0.25) is 5.91 Å². The second-order valence-corrected chi connectivity index (χ2v) is 5.10. The second kappa shape index (κ2) is 4.34. The lowest BCUT2D eigenvalue weighted by Crippen LogP contribution is -2.35. The van der Waals surface area contributed by atoms with E-state index in [0.717, 1.165) is 18.4 Å². The maximum atomic E-state index is 13.2. The van der Waals surface area contributed by atoms with Gasteiger partial charge in [0.15, 0.2) is 0 Å². The molecule has 16 heavy (non-hydrogen) atoms. The predicted octanol–water partition coefficient (Wildman–Crippen LogP) is 2.93. The van der Waals surface area contributed by atoms with Crippen LogP contribution in [0.5, 0.6) is 0 Å². The lowest BCUT2D eigenvalue weighted by atomic mass is 10.0. The highest BCUT2D eigenvalue weighted by atomic mass is 79.9. The highest BCUT2D eigenvalue weighted by Crippen LogP contribution is 2.46. The van der Waals surface area contributed by atoms with Crippen LogP contribution in [0.25, 0.3) is 0 Å². The van der Waals surface area contributed by atoms with Gasteiger partial charge in [-0.2, -0.15) is 0 Å². The summed E-state index contributed by atoms with van der Waals surface area (Å²) in [6.45, 7) is 0. The molecule has 0 spiro atoms. The molecular formula is C11H10BrClFNO. The fourth-order valence-electron chi connectivity index (χ4n) is 1.74. The van der Waals surface area contributed by atoms with Crippen LogP contribution in [0.4, 0.5) is 4.39 Å². The summed E-state index contributed by atoms with van der Waals surface area (Å²) in [7, 11) is 0. The Morgan fingerprint density at radius 2 is 2.19 bits per heavy atom. The molecule has 0 atom stereocenters. The Bertz CT molecular complexity index is 414. The third-order valence-electron chi connectivity index (χ3n) is 2.67. The summed E-state index contributed by atoms with van der Waals surface area (Å²) < 4.78 is 13.9. The maximum absolute atomic E-state index is 13.2. The Balaban J connectivity index is 2.26. The zero-order valence-corrected chi connectivity index (χ0v) is 10.7. The molecule has 1 aromatic rings. The summed E-state index contributed by atoms with van der Waals surface area (Å²) >= 11 is 8.68. The summed E-state index contributed by atoms with van der Waals surface area (Å²) in [6.07, 6.45) is 1.65. The van der Waals surface area contributed by atoms with E-state index in [9.17, 15) is 9.18 Å². The van der Waals surface area contributed by atoms with E-state index in [1.165, 1.54) is 12.1 Å². The van der Waals surface area contributed by atoms with Gasteiger partial charge in [0.05, 0.1) is 5.54 Å². The van der Waals surface area contributed by atoms with Crippen molar-refractivity contribution in [2.75, 3.05) is 5.88 Å². The number of halogens is 3. The molecule has 2 nitrogen and oxygen atoms in total. The predicted molar refractivity (Wildman–Crippen MR) is 63.9 cm³/mol. The van der Waals surface area contributed by atoms with Crippen LogP contribution in [0.15, 0.2) is 22.7 Å². The van der Waals surface area contributed by atoms with Crippen LogP contribution in [0.3, 0.4) is 0 Å². The average Bonchev–Trinajstić information content (AvgIpc) is 2.97. The van der Waals surface area contributed by atoms with Gasteiger partial charge in [0.1, 0.15) is 11.7 Å². The minimum Gasteiger partial charge on any atom is -0.346 e. The number of benzene rings is 1. The molecule has 0 aliphatic heterocycles. The van der Waals surface area contributed by atoms with Gasteiger partial charge in [0, 0.05) is 4.47 Å². The number of alkyl halides is 1. The van der Waals surface area contributed by atoms with Gasteiger partial charge in [-0.05, 0) is 36.6 Å². The van der Waals surface area contributed by atoms with Crippen LogP contribution in [0.2, 0.25) is 0 Å². The van der Waals surface area contributed by atoms with Gasteiger partial charge in [-0.15, -0.1) is 11.6 Å². The lowest BCUT2D eigenvalue weighted by molar-refractivity contribution is -0.119. The third kappa shape index (κ3) is 2.38. The van der Waals surface area contributed by atoms with Crippen molar-refractivity contribution >= 4 is 33.4 Å². The zero-order valence-electron chi connectivity index (χ0n) is 8.40. The Morgan fingerprint density at radius 1 is 1.50 bits per heavy atom. The SMILES string of the molecule is O=C(CCl)NC1(c2cc(F)cc(Br)c2)CC1. The lowest BCUT2D eigenvalue weighted by Gasteiger charge is -2.17. The number of nitrogens with one attached hydrogen (secondary N) is 1. The van der Waals surface area contributed by atoms with Crippen LogP contribution in [0, 0.1) is 5.82 Å². The molecular weight excluding hydrogens is 296 g/mol. The number of hydrogen-bond acceptors (Lipinski definition) is 1. The molecule has 1 aliphatic rings. The first kappa shape index (κ1) is 11.9. The Labute approximate surface area is 106 Å². The Kier molecular flexibility index (Phi) is 3.22. The largest absolute Gasteiger partial charge is 0.346 e. The minimum atomic E-state index is -0.406. The monoisotopic (exact) mass is 305 g/mol. The number of carbonyl (C=O) groups excluding carboxylic acids is 1. The van der Waals surface area contributed by atoms with E-state index < -0.39 is 5.54 Å². The van der Waals surface area contributed by atoms with Gasteiger partial charge < -0.3 is 5.32 Å². The quantitative estimate of drug-likeness (QED) is 0.855. The van der Waals surface area contributed by atoms with Crippen molar-refractivity contribution in [3.8, 4) is 0 Å². The molecule has 0 bridgehead atoms. The second-order valence-electron chi connectivity index (χ2n) is 3.92. The fourth-order valence-corrected chi connectivity index (χ4v) is 2.27. The molecule has 2 rings (SSSR count). The summed E-state index contributed by atoms with van der Waals surface area (Å²) in [4.78, 5) is 11.3. The summed E-state index contributed by atoms with van der Waals surface area (Å²) in [5.41, 5.74) is 0.384. The van der Waals surface area contributed by atoms with Gasteiger partial charge >= 0.3 is 0 Å². The van der Waals surface area contributed by atoms with E-state index in [1.54, 1.807) is 0 Å². The van der Waals surface area contributed by atoms with Crippen molar-refractivity contribution in [3.05, 3.63) is 34.1 Å².